The summed E-state index contributed by atoms with van der Waals surface area (Å²) in [5.41, 5.74) is -0.708. The maximum absolute atomic E-state index is 14.7. The van der Waals surface area contributed by atoms with Gasteiger partial charge < -0.3 is 29.3 Å². The third-order valence-corrected chi connectivity index (χ3v) is 10.0. The number of esters is 1. The Kier molecular flexibility index (Phi) is 9.84. The van der Waals surface area contributed by atoms with Crippen LogP contribution in [0.1, 0.15) is 65.0 Å². The van der Waals surface area contributed by atoms with Gasteiger partial charge in [-0.05, 0) is 31.2 Å². The van der Waals surface area contributed by atoms with Crippen molar-refractivity contribution in [3.8, 4) is 0 Å². The van der Waals surface area contributed by atoms with Crippen LogP contribution in [0.5, 0.6) is 0 Å². The molecule has 0 aromatic heterocycles. The Morgan fingerprint density at radius 3 is 2.47 bits per heavy atom. The quantitative estimate of drug-likeness (QED) is 0.367. The number of rotatable bonds is 7. The van der Waals surface area contributed by atoms with Gasteiger partial charge in [0.2, 0.25) is 17.7 Å². The molecule has 1 aromatic carbocycles. The van der Waals surface area contributed by atoms with Crippen LogP contribution in [0.3, 0.4) is 0 Å². The molecular formula is C35H47N3O7. The predicted octanol–water partition coefficient (Wildman–Crippen LogP) is 3.26. The third-order valence-electron chi connectivity index (χ3n) is 10.0. The number of aliphatic hydroxyl groups is 1. The number of carbonyl (C=O) groups is 4. The number of carbonyl (C=O) groups excluding carboxylic acids is 4. The van der Waals surface area contributed by atoms with Crippen molar-refractivity contribution in [2.24, 2.45) is 17.8 Å². The number of hydrogen-bond donors (Lipinski definition) is 1. The van der Waals surface area contributed by atoms with E-state index in [0.717, 1.165) is 18.4 Å². The number of likely N-dealkylation sites (tertiary alicyclic amines) is 1. The van der Waals surface area contributed by atoms with Crippen molar-refractivity contribution in [3.05, 3.63) is 60.2 Å². The summed E-state index contributed by atoms with van der Waals surface area (Å²) in [6, 6.07) is 7.09. The van der Waals surface area contributed by atoms with Crippen LogP contribution in [0.4, 0.5) is 0 Å². The Balaban J connectivity index is 1.63. The lowest BCUT2D eigenvalue weighted by Crippen LogP contribution is -2.59. The zero-order valence-corrected chi connectivity index (χ0v) is 27.0. The van der Waals surface area contributed by atoms with Gasteiger partial charge in [0.15, 0.2) is 0 Å². The van der Waals surface area contributed by atoms with E-state index in [2.05, 4.69) is 6.92 Å². The van der Waals surface area contributed by atoms with Crippen LogP contribution in [-0.2, 0) is 28.7 Å². The standard InChI is InChI=1S/C35H47N3O7/c1-6-7-19-37-20-13-18-35-29(32(41)38(31(35)33(37)42)25(21-39)22(2)3)28-26(45-35)16-11-12-17-27(40)36(5)23(4)30(44-34(28)43)24-14-9-8-10-15-24/h8-11,13-16,18,22-23,25-26,28-31,39H,6-7,12,17,19-21H2,1-5H3/b16-11-/t23-,25+,26-,28+,29+,30+,31-,35+/m1/s1. The van der Waals surface area contributed by atoms with Gasteiger partial charge in [-0.1, -0.05) is 81.8 Å². The Morgan fingerprint density at radius 2 is 1.80 bits per heavy atom. The molecule has 2 fully saturated rings. The SMILES string of the molecule is CCCCN1CC=C[C@]23O[C@@H]4/C=C\CCC(=O)N(C)[C@H](C)[C@@H](c5ccccc5)OC(=O)[C@@H]4[C@H]2C(=O)N([C@@H](CO)C(C)C)[C@@H]3C1=O. The van der Waals surface area contributed by atoms with Gasteiger partial charge in [-0.2, -0.15) is 0 Å². The minimum atomic E-state index is -1.43. The lowest BCUT2D eigenvalue weighted by molar-refractivity contribution is -0.165. The topological polar surface area (TPSA) is 117 Å². The van der Waals surface area contributed by atoms with Crippen molar-refractivity contribution < 1.29 is 33.8 Å². The monoisotopic (exact) mass is 621 g/mol. The number of hydrogen-bond acceptors (Lipinski definition) is 7. The van der Waals surface area contributed by atoms with Gasteiger partial charge in [-0.15, -0.1) is 0 Å². The van der Waals surface area contributed by atoms with E-state index in [1.165, 1.54) is 4.90 Å². The molecule has 4 aliphatic heterocycles. The fourth-order valence-corrected chi connectivity index (χ4v) is 7.40. The number of benzene rings is 1. The summed E-state index contributed by atoms with van der Waals surface area (Å²) in [7, 11) is 1.71. The van der Waals surface area contributed by atoms with Crippen LogP contribution in [0.15, 0.2) is 54.6 Å². The molecule has 5 rings (SSSR count). The molecule has 1 spiro atoms. The molecule has 1 N–H and O–H groups in total. The van der Waals surface area contributed by atoms with Gasteiger partial charge in [-0.3, -0.25) is 19.2 Å². The Labute approximate surface area is 266 Å². The number of cyclic esters (lactones) is 1. The normalized spacial score (nSPS) is 33.6. The summed E-state index contributed by atoms with van der Waals surface area (Å²) in [5.74, 6) is -3.60. The van der Waals surface area contributed by atoms with Crippen LogP contribution in [-0.4, -0.2) is 100 Å². The van der Waals surface area contributed by atoms with Gasteiger partial charge in [-0.25, -0.2) is 0 Å². The van der Waals surface area contributed by atoms with Gasteiger partial charge in [0.05, 0.1) is 30.7 Å². The number of aliphatic hydroxyl groups excluding tert-OH is 1. The molecule has 45 heavy (non-hydrogen) atoms. The molecule has 10 nitrogen and oxygen atoms in total. The Hall–Kier alpha value is -3.50. The van der Waals surface area contributed by atoms with Gasteiger partial charge in [0.25, 0.3) is 0 Å². The fourth-order valence-electron chi connectivity index (χ4n) is 7.40. The minimum absolute atomic E-state index is 0.0804. The lowest BCUT2D eigenvalue weighted by Gasteiger charge is -2.40. The minimum Gasteiger partial charge on any atom is -0.455 e. The first-order valence-electron chi connectivity index (χ1n) is 16.3. The molecular weight excluding hydrogens is 574 g/mol. The molecule has 0 bridgehead atoms. The Bertz CT molecular complexity index is 1330. The number of unbranched alkanes of at least 4 members (excludes halogenated alkanes) is 1. The van der Waals surface area contributed by atoms with E-state index in [-0.39, 0.29) is 30.8 Å². The van der Waals surface area contributed by atoms with Gasteiger partial charge >= 0.3 is 5.97 Å². The highest BCUT2D eigenvalue weighted by atomic mass is 16.6. The van der Waals surface area contributed by atoms with E-state index in [4.69, 9.17) is 9.47 Å². The number of ether oxygens (including phenoxy) is 2. The summed E-state index contributed by atoms with van der Waals surface area (Å²) in [6.07, 6.45) is 7.95. The van der Waals surface area contributed by atoms with E-state index >= 15 is 0 Å². The van der Waals surface area contributed by atoms with E-state index in [0.29, 0.717) is 19.5 Å². The van der Waals surface area contributed by atoms with Crippen molar-refractivity contribution >= 4 is 23.7 Å². The zero-order valence-electron chi connectivity index (χ0n) is 27.0. The molecule has 8 atom stereocenters. The summed E-state index contributed by atoms with van der Waals surface area (Å²) < 4.78 is 13.1. The second-order valence-corrected chi connectivity index (χ2v) is 13.1. The highest BCUT2D eigenvalue weighted by Crippen LogP contribution is 2.54. The molecule has 4 aliphatic rings. The molecule has 0 radical (unpaired) electrons. The number of fused-ring (bicyclic) bond motifs is 2. The van der Waals surface area contributed by atoms with Crippen molar-refractivity contribution in [1.29, 1.82) is 0 Å². The third kappa shape index (κ3) is 5.83. The summed E-state index contributed by atoms with van der Waals surface area (Å²) in [6.45, 7) is 8.26. The number of allylic oxidation sites excluding steroid dienone is 1. The fraction of sp³-hybridized carbons (Fsp3) is 0.600. The molecule has 1 aromatic rings. The average molecular weight is 622 g/mol. The van der Waals surface area contributed by atoms with Crippen LogP contribution < -0.4 is 0 Å². The van der Waals surface area contributed by atoms with E-state index in [1.807, 2.05) is 63.3 Å². The molecule has 4 heterocycles. The van der Waals surface area contributed by atoms with E-state index in [1.54, 1.807) is 29.0 Å². The molecule has 10 heteroatoms. The summed E-state index contributed by atoms with van der Waals surface area (Å²) in [5, 5.41) is 10.5. The zero-order chi connectivity index (χ0) is 32.5. The number of nitrogens with zero attached hydrogens (tertiary/aromatic N) is 3. The smallest absolute Gasteiger partial charge is 0.313 e. The molecule has 2 saturated heterocycles. The van der Waals surface area contributed by atoms with Crippen LogP contribution >= 0.6 is 0 Å². The van der Waals surface area contributed by atoms with Gasteiger partial charge in [0.1, 0.15) is 23.7 Å². The van der Waals surface area contributed by atoms with Crippen LogP contribution in [0.25, 0.3) is 0 Å². The van der Waals surface area contributed by atoms with Crippen LogP contribution in [0.2, 0.25) is 0 Å². The van der Waals surface area contributed by atoms with E-state index < -0.39 is 59.6 Å². The lowest BCUT2D eigenvalue weighted by atomic mass is 9.77. The molecule has 3 amide bonds. The Morgan fingerprint density at radius 1 is 1.07 bits per heavy atom. The van der Waals surface area contributed by atoms with Crippen molar-refractivity contribution in [2.75, 3.05) is 26.7 Å². The number of amides is 3. The molecule has 0 saturated carbocycles. The summed E-state index contributed by atoms with van der Waals surface area (Å²) in [4.78, 5) is 61.5. The first kappa shape index (κ1) is 32.9. The van der Waals surface area contributed by atoms with Crippen LogP contribution in [0, 0.1) is 17.8 Å². The maximum atomic E-state index is 14.7. The largest absolute Gasteiger partial charge is 0.455 e. The highest BCUT2D eigenvalue weighted by Gasteiger charge is 2.72. The first-order chi connectivity index (χ1) is 21.6. The van der Waals surface area contributed by atoms with Gasteiger partial charge in [0, 0.05) is 26.6 Å². The van der Waals surface area contributed by atoms with Crippen molar-refractivity contribution in [3.63, 3.8) is 0 Å². The van der Waals surface area contributed by atoms with Crippen molar-refractivity contribution in [2.45, 2.75) is 89.3 Å². The summed E-state index contributed by atoms with van der Waals surface area (Å²) >= 11 is 0. The first-order valence-corrected chi connectivity index (χ1v) is 16.3. The van der Waals surface area contributed by atoms with Crippen molar-refractivity contribution in [1.82, 2.24) is 14.7 Å². The molecule has 244 valence electrons. The van der Waals surface area contributed by atoms with E-state index in [9.17, 15) is 24.3 Å². The average Bonchev–Trinajstić information content (AvgIpc) is 3.42. The second-order valence-electron chi connectivity index (χ2n) is 13.1. The highest BCUT2D eigenvalue weighted by molar-refractivity contribution is 5.99. The second kappa shape index (κ2) is 13.5. The molecule has 0 unspecified atom stereocenters. The predicted molar refractivity (Wildman–Crippen MR) is 167 cm³/mol. The number of likely N-dealkylation sites (N-methyl/N-ethyl adjacent to an activating group) is 1. The molecule has 0 aliphatic carbocycles. The maximum Gasteiger partial charge on any atom is 0.313 e.